The first-order valence-corrected chi connectivity index (χ1v) is 16.0. The van der Waals surface area contributed by atoms with Gasteiger partial charge in [-0.2, -0.15) is 5.10 Å². The Kier molecular flexibility index (Phi) is 10.4. The average Bonchev–Trinajstić information content (AvgIpc) is 3.49. The third kappa shape index (κ3) is 7.78. The molecule has 0 fully saturated rings. The molecule has 5 rings (SSSR count). The molecular formula is C36H37Cl2N5O5. The van der Waals surface area contributed by atoms with Crippen molar-refractivity contribution < 1.29 is 19.4 Å². The first kappa shape index (κ1) is 34.4. The van der Waals surface area contributed by atoms with Gasteiger partial charge in [0.05, 0.1) is 30.1 Å². The number of rotatable bonds is 10. The molecule has 0 aliphatic heterocycles. The third-order valence-corrected chi connectivity index (χ3v) is 8.44. The van der Waals surface area contributed by atoms with Crippen LogP contribution in [-0.4, -0.2) is 32.6 Å². The molecule has 0 aliphatic carbocycles. The fraction of sp³-hybridized carbons (Fsp3) is 0.250. The minimum absolute atomic E-state index is 0.0225. The van der Waals surface area contributed by atoms with Gasteiger partial charge in [0, 0.05) is 41.4 Å². The molecule has 3 aromatic carbocycles. The normalized spacial score (nSPS) is 11.3. The van der Waals surface area contributed by atoms with E-state index in [1.165, 1.54) is 6.07 Å². The molecule has 0 unspecified atom stereocenters. The Bertz CT molecular complexity index is 2020. The first-order valence-electron chi connectivity index (χ1n) is 15.2. The summed E-state index contributed by atoms with van der Waals surface area (Å²) in [6.07, 6.45) is 0. The van der Waals surface area contributed by atoms with Crippen molar-refractivity contribution in [2.24, 2.45) is 0 Å². The third-order valence-electron chi connectivity index (χ3n) is 7.77. The summed E-state index contributed by atoms with van der Waals surface area (Å²) in [6, 6.07) is 22.8. The topological polar surface area (TPSA) is 120 Å². The molecule has 0 saturated heterocycles. The molecule has 12 heteroatoms. The van der Waals surface area contributed by atoms with Crippen LogP contribution in [-0.2, 0) is 25.1 Å². The number of halogens is 2. The van der Waals surface area contributed by atoms with Crippen LogP contribution in [0, 0.1) is 6.92 Å². The number of phenols is 1. The van der Waals surface area contributed by atoms with E-state index < -0.39 is 6.03 Å². The van der Waals surface area contributed by atoms with E-state index in [1.54, 1.807) is 40.6 Å². The smallest absolute Gasteiger partial charge is 0.320 e. The van der Waals surface area contributed by atoms with Crippen LogP contribution in [0.1, 0.15) is 48.8 Å². The highest BCUT2D eigenvalue weighted by Crippen LogP contribution is 2.30. The zero-order valence-corrected chi connectivity index (χ0v) is 28.8. The number of methoxy groups -OCH3 is 1. The number of nitrogens with one attached hydrogen (secondary N) is 2. The highest BCUT2D eigenvalue weighted by molar-refractivity contribution is 6.32. The van der Waals surface area contributed by atoms with E-state index in [0.717, 1.165) is 22.4 Å². The molecule has 2 amide bonds. The van der Waals surface area contributed by atoms with Gasteiger partial charge >= 0.3 is 6.03 Å². The summed E-state index contributed by atoms with van der Waals surface area (Å²) in [5.74, 6) is 1.27. The number of hydrogen-bond donors (Lipinski definition) is 3. The lowest BCUT2D eigenvalue weighted by atomic mass is 9.92. The number of urea groups is 1. The van der Waals surface area contributed by atoms with Crippen LogP contribution >= 0.6 is 23.2 Å². The number of aryl methyl sites for hydroxylation is 1. The van der Waals surface area contributed by atoms with Crippen molar-refractivity contribution in [3.05, 3.63) is 127 Å². The highest BCUT2D eigenvalue weighted by Gasteiger charge is 2.22. The van der Waals surface area contributed by atoms with E-state index in [2.05, 4.69) is 15.7 Å². The van der Waals surface area contributed by atoms with E-state index in [1.807, 2.05) is 76.2 Å². The molecule has 2 heterocycles. The van der Waals surface area contributed by atoms with Crippen LogP contribution in [0.25, 0.3) is 5.69 Å². The Morgan fingerprint density at radius 3 is 2.31 bits per heavy atom. The number of ether oxygens (including phenoxy) is 2. The summed E-state index contributed by atoms with van der Waals surface area (Å²) >= 11 is 12.5. The molecule has 0 bridgehead atoms. The van der Waals surface area contributed by atoms with Crippen molar-refractivity contribution in [1.29, 1.82) is 0 Å². The Morgan fingerprint density at radius 1 is 0.938 bits per heavy atom. The zero-order valence-electron chi connectivity index (χ0n) is 27.3. The fourth-order valence-corrected chi connectivity index (χ4v) is 5.38. The molecule has 0 spiro atoms. The number of para-hydroxylation sites is 1. The van der Waals surface area contributed by atoms with Crippen LogP contribution < -0.4 is 25.7 Å². The average molecular weight is 691 g/mol. The molecule has 2 aromatic heterocycles. The van der Waals surface area contributed by atoms with E-state index in [0.29, 0.717) is 29.5 Å². The van der Waals surface area contributed by atoms with Gasteiger partial charge in [-0.25, -0.2) is 9.48 Å². The molecular weight excluding hydrogens is 653 g/mol. The van der Waals surface area contributed by atoms with E-state index in [-0.39, 0.29) is 45.7 Å². The number of amides is 2. The number of aromatic hydroxyl groups is 1. The second kappa shape index (κ2) is 14.5. The summed E-state index contributed by atoms with van der Waals surface area (Å²) < 4.78 is 14.6. The largest absolute Gasteiger partial charge is 0.506 e. The lowest BCUT2D eigenvalue weighted by molar-refractivity contribution is 0.251. The number of phenolic OH excluding ortho intramolecular Hbond substituents is 1. The molecule has 0 saturated carbocycles. The zero-order chi connectivity index (χ0) is 34.6. The summed E-state index contributed by atoms with van der Waals surface area (Å²) in [6.45, 7) is 8.49. The highest BCUT2D eigenvalue weighted by atomic mass is 35.5. The Labute approximate surface area is 288 Å². The lowest BCUT2D eigenvalue weighted by Gasteiger charge is -2.17. The van der Waals surface area contributed by atoms with Crippen LogP contribution in [0.2, 0.25) is 10.0 Å². The number of pyridine rings is 1. The number of nitrogens with zero attached hydrogens (tertiary/aromatic N) is 3. The molecule has 0 radical (unpaired) electrons. The lowest BCUT2D eigenvalue weighted by Crippen LogP contribution is -2.29. The number of carbonyl (C=O) groups excluding carboxylic acids is 1. The van der Waals surface area contributed by atoms with Crippen LogP contribution in [0.3, 0.4) is 0 Å². The maximum atomic E-state index is 13.3. The summed E-state index contributed by atoms with van der Waals surface area (Å²) in [5, 5.41) is 20.8. The minimum atomic E-state index is -0.456. The van der Waals surface area contributed by atoms with E-state index in [9.17, 15) is 14.7 Å². The molecule has 0 aliphatic rings. The van der Waals surface area contributed by atoms with Gasteiger partial charge in [-0.1, -0.05) is 86.4 Å². The Morgan fingerprint density at radius 2 is 1.62 bits per heavy atom. The first-order chi connectivity index (χ1) is 22.8. The maximum absolute atomic E-state index is 13.3. The number of anilines is 1. The monoisotopic (exact) mass is 689 g/mol. The SMILES string of the molecule is COc1ccccc1Cn1c(C)cc(OCc2ccccc2CNC(=O)Nc2cc(C(C)(C)C)nn2-c2ccc(Cl)c(O)c2)c(Cl)c1=O. The minimum Gasteiger partial charge on any atom is -0.506 e. The van der Waals surface area contributed by atoms with Crippen LogP contribution in [0.5, 0.6) is 17.2 Å². The number of aromatic nitrogens is 3. The van der Waals surface area contributed by atoms with Gasteiger partial charge in [0.15, 0.2) is 0 Å². The molecule has 5 aromatic rings. The Balaban J connectivity index is 1.28. The second-order valence-corrected chi connectivity index (χ2v) is 13.0. The molecule has 10 nitrogen and oxygen atoms in total. The van der Waals surface area contributed by atoms with Crippen LogP contribution in [0.15, 0.2) is 83.7 Å². The number of benzene rings is 3. The van der Waals surface area contributed by atoms with Gasteiger partial charge in [0.25, 0.3) is 5.56 Å². The quantitative estimate of drug-likeness (QED) is 0.139. The second-order valence-electron chi connectivity index (χ2n) is 12.2. The van der Waals surface area contributed by atoms with Gasteiger partial charge in [0.1, 0.15) is 34.7 Å². The van der Waals surface area contributed by atoms with Crippen molar-refractivity contribution in [3.63, 3.8) is 0 Å². The fourth-order valence-electron chi connectivity index (χ4n) is 5.05. The van der Waals surface area contributed by atoms with Gasteiger partial charge in [0.2, 0.25) is 0 Å². The van der Waals surface area contributed by atoms with Gasteiger partial charge in [-0.15, -0.1) is 0 Å². The van der Waals surface area contributed by atoms with Crippen molar-refractivity contribution >= 4 is 35.1 Å². The number of hydrogen-bond acceptors (Lipinski definition) is 6. The van der Waals surface area contributed by atoms with Crippen molar-refractivity contribution in [2.75, 3.05) is 12.4 Å². The molecule has 0 atom stereocenters. The van der Waals surface area contributed by atoms with Gasteiger partial charge < -0.3 is 24.5 Å². The van der Waals surface area contributed by atoms with E-state index >= 15 is 0 Å². The summed E-state index contributed by atoms with van der Waals surface area (Å²) in [5.41, 5.74) is 3.77. The van der Waals surface area contributed by atoms with Crippen molar-refractivity contribution in [1.82, 2.24) is 19.7 Å². The summed E-state index contributed by atoms with van der Waals surface area (Å²) in [7, 11) is 1.59. The van der Waals surface area contributed by atoms with Crippen LogP contribution in [0.4, 0.5) is 10.6 Å². The van der Waals surface area contributed by atoms with E-state index in [4.69, 9.17) is 32.7 Å². The number of carbonyl (C=O) groups is 1. The standard InChI is InChI=1S/C36H37Cl2N5O5/c1-22-16-30(33(38)34(45)42(22)20-24-11-8-9-13-29(24)47-5)48-21-25-12-7-6-10-23(25)19-39-35(46)40-32-18-31(36(2,3)4)41-43(32)26-14-15-27(37)28(44)17-26/h6-18,44H,19-21H2,1-5H3,(H2,39,40,46). The maximum Gasteiger partial charge on any atom is 0.320 e. The molecule has 3 N–H and O–H groups in total. The molecule has 250 valence electrons. The van der Waals surface area contributed by atoms with Crippen molar-refractivity contribution in [3.8, 4) is 22.9 Å². The predicted molar refractivity (Wildman–Crippen MR) is 188 cm³/mol. The van der Waals surface area contributed by atoms with Gasteiger partial charge in [-0.3, -0.25) is 10.1 Å². The van der Waals surface area contributed by atoms with Crippen molar-refractivity contribution in [2.45, 2.75) is 52.8 Å². The predicted octanol–water partition coefficient (Wildman–Crippen LogP) is 7.61. The Hall–Kier alpha value is -4.93. The molecule has 48 heavy (non-hydrogen) atoms. The van der Waals surface area contributed by atoms with Gasteiger partial charge in [-0.05, 0) is 36.2 Å². The summed E-state index contributed by atoms with van der Waals surface area (Å²) in [4.78, 5) is 26.4.